The van der Waals surface area contributed by atoms with Gasteiger partial charge in [0.05, 0.1) is 18.2 Å². The van der Waals surface area contributed by atoms with Crippen LogP contribution in [0.3, 0.4) is 0 Å². The number of carbonyl (C=O) groups is 1. The lowest BCUT2D eigenvalue weighted by Gasteiger charge is -2.14. The molecule has 0 radical (unpaired) electrons. The van der Waals surface area contributed by atoms with Crippen molar-refractivity contribution in [3.05, 3.63) is 69.2 Å². The molecule has 0 bridgehead atoms. The zero-order valence-electron chi connectivity index (χ0n) is 17.6. The molecule has 4 rings (SSSR count). The highest BCUT2D eigenvalue weighted by Crippen LogP contribution is 2.31. The van der Waals surface area contributed by atoms with E-state index in [4.69, 9.17) is 13.3 Å². The van der Waals surface area contributed by atoms with Crippen molar-refractivity contribution >= 4 is 27.8 Å². The zero-order chi connectivity index (χ0) is 21.4. The third-order valence-corrected chi connectivity index (χ3v) is 5.73. The summed E-state index contributed by atoms with van der Waals surface area (Å²) >= 11 is 0. The number of hydrogen-bond donors (Lipinski definition) is 1. The Labute approximate surface area is 173 Å². The molecule has 0 aliphatic rings. The number of carbonyl (C=O) groups excluding carboxylic acids is 1. The van der Waals surface area contributed by atoms with Gasteiger partial charge in [0.2, 0.25) is 5.91 Å². The molecule has 3 aromatic heterocycles. The van der Waals surface area contributed by atoms with Crippen molar-refractivity contribution in [2.75, 3.05) is 0 Å². The molecule has 0 spiro atoms. The molecule has 30 heavy (non-hydrogen) atoms. The number of amides is 1. The summed E-state index contributed by atoms with van der Waals surface area (Å²) in [5.41, 5.74) is 2.88. The van der Waals surface area contributed by atoms with Crippen molar-refractivity contribution in [1.82, 2.24) is 5.32 Å². The number of furan rings is 2. The van der Waals surface area contributed by atoms with E-state index in [-0.39, 0.29) is 18.4 Å². The van der Waals surface area contributed by atoms with Crippen LogP contribution in [-0.2, 0) is 17.6 Å². The van der Waals surface area contributed by atoms with E-state index in [1.165, 1.54) is 0 Å². The van der Waals surface area contributed by atoms with Crippen LogP contribution < -0.4 is 10.9 Å². The Kier molecular flexibility index (Phi) is 5.24. The van der Waals surface area contributed by atoms with Crippen LogP contribution in [0.2, 0.25) is 0 Å². The minimum atomic E-state index is -0.488. The van der Waals surface area contributed by atoms with Gasteiger partial charge in [-0.1, -0.05) is 0 Å². The molecule has 1 N–H and O–H groups in total. The molecule has 1 atom stereocenters. The molecule has 6 nitrogen and oxygen atoms in total. The molecule has 6 heteroatoms. The van der Waals surface area contributed by atoms with Crippen LogP contribution in [0.25, 0.3) is 21.9 Å². The normalized spacial score (nSPS) is 12.5. The third kappa shape index (κ3) is 3.77. The van der Waals surface area contributed by atoms with E-state index >= 15 is 0 Å². The standard InChI is InChI=1S/C24H25NO5/c1-13(7-8-17-6-5-9-28-17)25-23(26)11-20-15(3)19-10-18-14(2)16(4)29-21(18)12-22(19)30-24(20)27/h5-6,9-10,12-13H,7-8,11H2,1-4H3,(H,25,26)/t13-/m0/s1. The molecule has 0 unspecified atom stereocenters. The summed E-state index contributed by atoms with van der Waals surface area (Å²) in [6, 6.07) is 7.45. The maximum absolute atomic E-state index is 12.6. The summed E-state index contributed by atoms with van der Waals surface area (Å²) in [6.45, 7) is 7.71. The van der Waals surface area contributed by atoms with E-state index in [1.807, 2.05) is 45.9 Å². The first-order valence-corrected chi connectivity index (χ1v) is 10.1. The molecular weight excluding hydrogens is 382 g/mol. The Hall–Kier alpha value is -3.28. The average Bonchev–Trinajstić information content (AvgIpc) is 3.31. The van der Waals surface area contributed by atoms with Crippen LogP contribution in [-0.4, -0.2) is 11.9 Å². The maximum atomic E-state index is 12.6. The van der Waals surface area contributed by atoms with Crippen LogP contribution in [0.15, 0.2) is 48.6 Å². The molecule has 0 saturated heterocycles. The summed E-state index contributed by atoms with van der Waals surface area (Å²) in [7, 11) is 0. The number of rotatable bonds is 6. The Bertz CT molecular complexity index is 1280. The van der Waals surface area contributed by atoms with Gasteiger partial charge in [0.15, 0.2) is 0 Å². The van der Waals surface area contributed by atoms with Crippen molar-refractivity contribution in [3.8, 4) is 0 Å². The highest BCUT2D eigenvalue weighted by Gasteiger charge is 2.18. The average molecular weight is 407 g/mol. The van der Waals surface area contributed by atoms with Gasteiger partial charge in [-0.25, -0.2) is 4.79 Å². The summed E-state index contributed by atoms with van der Waals surface area (Å²) in [5.74, 6) is 1.52. The molecule has 1 amide bonds. The molecule has 3 heterocycles. The Morgan fingerprint density at radius 1 is 1.07 bits per heavy atom. The minimum absolute atomic E-state index is 0.0172. The fourth-order valence-electron chi connectivity index (χ4n) is 3.80. The molecule has 0 aliphatic heterocycles. The number of fused-ring (bicyclic) bond motifs is 2. The maximum Gasteiger partial charge on any atom is 0.340 e. The summed E-state index contributed by atoms with van der Waals surface area (Å²) in [4.78, 5) is 25.1. The first kappa shape index (κ1) is 20.0. The zero-order valence-corrected chi connectivity index (χ0v) is 17.6. The number of aryl methyl sites for hydroxylation is 4. The molecule has 1 aromatic carbocycles. The Morgan fingerprint density at radius 3 is 2.53 bits per heavy atom. The van der Waals surface area contributed by atoms with Crippen molar-refractivity contribution in [1.29, 1.82) is 0 Å². The Morgan fingerprint density at radius 2 is 1.80 bits per heavy atom. The monoisotopic (exact) mass is 407 g/mol. The molecule has 156 valence electrons. The van der Waals surface area contributed by atoms with Gasteiger partial charge in [-0.2, -0.15) is 0 Å². The minimum Gasteiger partial charge on any atom is -0.469 e. The van der Waals surface area contributed by atoms with E-state index in [1.54, 1.807) is 12.3 Å². The molecule has 4 aromatic rings. The van der Waals surface area contributed by atoms with Gasteiger partial charge in [-0.05, 0) is 63.4 Å². The Balaban J connectivity index is 1.55. The summed E-state index contributed by atoms with van der Waals surface area (Å²) in [6.07, 6.45) is 3.11. The second kappa shape index (κ2) is 7.86. The lowest BCUT2D eigenvalue weighted by Crippen LogP contribution is -2.35. The molecule has 0 saturated carbocycles. The van der Waals surface area contributed by atoms with Crippen LogP contribution in [0.5, 0.6) is 0 Å². The van der Waals surface area contributed by atoms with E-state index < -0.39 is 5.63 Å². The van der Waals surface area contributed by atoms with Crippen molar-refractivity contribution in [3.63, 3.8) is 0 Å². The number of benzene rings is 1. The highest BCUT2D eigenvalue weighted by atomic mass is 16.4. The van der Waals surface area contributed by atoms with Gasteiger partial charge in [0, 0.05) is 29.3 Å². The molecule has 0 fully saturated rings. The van der Waals surface area contributed by atoms with Crippen LogP contribution in [0.1, 0.15) is 41.6 Å². The first-order valence-electron chi connectivity index (χ1n) is 10.1. The van der Waals surface area contributed by atoms with E-state index in [0.29, 0.717) is 16.7 Å². The quantitative estimate of drug-likeness (QED) is 0.467. The lowest BCUT2D eigenvalue weighted by molar-refractivity contribution is -0.121. The SMILES string of the molecule is Cc1oc2cc3oc(=O)c(CC(=O)N[C@@H](C)CCc4ccco4)c(C)c3cc2c1C. The van der Waals surface area contributed by atoms with Gasteiger partial charge in [0.25, 0.3) is 0 Å². The van der Waals surface area contributed by atoms with Crippen molar-refractivity contribution in [2.45, 2.75) is 53.0 Å². The van der Waals surface area contributed by atoms with Gasteiger partial charge in [0.1, 0.15) is 22.7 Å². The summed E-state index contributed by atoms with van der Waals surface area (Å²) in [5, 5.41) is 4.76. The van der Waals surface area contributed by atoms with Crippen LogP contribution in [0.4, 0.5) is 0 Å². The topological polar surface area (TPSA) is 85.6 Å². The first-order chi connectivity index (χ1) is 14.3. The van der Waals surface area contributed by atoms with Crippen molar-refractivity contribution < 1.29 is 18.0 Å². The predicted octanol–water partition coefficient (Wildman–Crippen LogP) is 4.74. The van der Waals surface area contributed by atoms with Gasteiger partial charge in [-0.15, -0.1) is 0 Å². The van der Waals surface area contributed by atoms with Gasteiger partial charge in [-0.3, -0.25) is 4.79 Å². The number of nitrogens with one attached hydrogen (secondary N) is 1. The van der Waals surface area contributed by atoms with E-state index in [0.717, 1.165) is 46.3 Å². The second-order valence-corrected chi connectivity index (χ2v) is 7.88. The fraction of sp³-hybridized carbons (Fsp3) is 0.333. The summed E-state index contributed by atoms with van der Waals surface area (Å²) < 4.78 is 16.6. The highest BCUT2D eigenvalue weighted by molar-refractivity contribution is 5.97. The van der Waals surface area contributed by atoms with Crippen molar-refractivity contribution in [2.24, 2.45) is 0 Å². The van der Waals surface area contributed by atoms with E-state index in [2.05, 4.69) is 5.32 Å². The van der Waals surface area contributed by atoms with Crippen LogP contribution >= 0.6 is 0 Å². The van der Waals surface area contributed by atoms with Crippen LogP contribution in [0, 0.1) is 20.8 Å². The molecule has 0 aliphatic carbocycles. The smallest absolute Gasteiger partial charge is 0.340 e. The predicted molar refractivity (Wildman–Crippen MR) is 115 cm³/mol. The lowest BCUT2D eigenvalue weighted by atomic mass is 10.0. The van der Waals surface area contributed by atoms with Gasteiger partial charge >= 0.3 is 5.63 Å². The second-order valence-electron chi connectivity index (χ2n) is 7.88. The largest absolute Gasteiger partial charge is 0.469 e. The van der Waals surface area contributed by atoms with Gasteiger partial charge < -0.3 is 18.6 Å². The van der Waals surface area contributed by atoms with E-state index in [9.17, 15) is 9.59 Å². The fourth-order valence-corrected chi connectivity index (χ4v) is 3.80. The third-order valence-electron chi connectivity index (χ3n) is 5.73. The molecular formula is C24H25NO5. The number of hydrogen-bond acceptors (Lipinski definition) is 5.